The zero-order valence-electron chi connectivity index (χ0n) is 11.3. The molecule has 0 unspecified atom stereocenters. The molecule has 2 rings (SSSR count). The topological polar surface area (TPSA) is 23.8 Å². The predicted molar refractivity (Wildman–Crippen MR) is 71.4 cm³/mol. The first-order valence-electron chi connectivity index (χ1n) is 7.69. The van der Waals surface area contributed by atoms with Crippen LogP contribution in [0.15, 0.2) is 0 Å². The Labute approximate surface area is 107 Å². The fraction of sp³-hybridized carbons (Fsp3) is 0.938. The SMILES string of the molecule is CC1CCC(C2CCCC(C#N)CCC2)CC1. The first-order chi connectivity index (χ1) is 8.29. The highest BCUT2D eigenvalue weighted by molar-refractivity contribution is 4.85. The monoisotopic (exact) mass is 233 g/mol. The lowest BCUT2D eigenvalue weighted by Crippen LogP contribution is -2.22. The molecule has 1 heteroatoms. The van der Waals surface area contributed by atoms with E-state index >= 15 is 0 Å². The van der Waals surface area contributed by atoms with Gasteiger partial charge in [0.1, 0.15) is 0 Å². The first-order valence-corrected chi connectivity index (χ1v) is 7.69. The van der Waals surface area contributed by atoms with Gasteiger partial charge in [0.2, 0.25) is 0 Å². The molecule has 0 heterocycles. The minimum atomic E-state index is 0.363. The summed E-state index contributed by atoms with van der Waals surface area (Å²) >= 11 is 0. The summed E-state index contributed by atoms with van der Waals surface area (Å²) in [6.45, 7) is 2.41. The van der Waals surface area contributed by atoms with Gasteiger partial charge in [-0.2, -0.15) is 5.26 Å². The molecule has 2 fully saturated rings. The molecule has 0 N–H and O–H groups in total. The van der Waals surface area contributed by atoms with Crippen LogP contribution in [0.2, 0.25) is 0 Å². The fourth-order valence-electron chi connectivity index (χ4n) is 3.90. The Morgan fingerprint density at radius 2 is 1.29 bits per heavy atom. The van der Waals surface area contributed by atoms with Crippen LogP contribution in [0.3, 0.4) is 0 Å². The van der Waals surface area contributed by atoms with Crippen LogP contribution in [-0.4, -0.2) is 0 Å². The van der Waals surface area contributed by atoms with Crippen LogP contribution in [-0.2, 0) is 0 Å². The zero-order valence-corrected chi connectivity index (χ0v) is 11.3. The van der Waals surface area contributed by atoms with Gasteiger partial charge in [-0.15, -0.1) is 0 Å². The smallest absolute Gasteiger partial charge is 0.0655 e. The van der Waals surface area contributed by atoms with E-state index in [-0.39, 0.29) is 0 Å². The molecule has 1 nitrogen and oxygen atoms in total. The highest BCUT2D eigenvalue weighted by Gasteiger charge is 2.27. The molecule has 0 radical (unpaired) electrons. The van der Waals surface area contributed by atoms with Crippen molar-refractivity contribution < 1.29 is 0 Å². The highest BCUT2D eigenvalue weighted by atomic mass is 14.3. The van der Waals surface area contributed by atoms with Crippen molar-refractivity contribution in [2.75, 3.05) is 0 Å². The Kier molecular flexibility index (Phi) is 4.89. The van der Waals surface area contributed by atoms with Gasteiger partial charge in [-0.05, 0) is 43.4 Å². The maximum Gasteiger partial charge on any atom is 0.0655 e. The third-order valence-electron chi connectivity index (χ3n) is 5.16. The van der Waals surface area contributed by atoms with Crippen molar-refractivity contribution in [3.05, 3.63) is 0 Å². The summed E-state index contributed by atoms with van der Waals surface area (Å²) in [5.74, 6) is 3.34. The first kappa shape index (κ1) is 12.9. The maximum atomic E-state index is 9.00. The van der Waals surface area contributed by atoms with Crippen LogP contribution in [0.1, 0.15) is 71.1 Å². The zero-order chi connectivity index (χ0) is 12.1. The summed E-state index contributed by atoms with van der Waals surface area (Å²) in [4.78, 5) is 0. The van der Waals surface area contributed by atoms with Crippen molar-refractivity contribution in [2.24, 2.45) is 23.7 Å². The van der Waals surface area contributed by atoms with E-state index in [1.807, 2.05) is 0 Å². The Bertz CT molecular complexity index is 247. The van der Waals surface area contributed by atoms with Crippen molar-refractivity contribution in [2.45, 2.75) is 71.1 Å². The standard InChI is InChI=1S/C16H27N/c1-13-8-10-16(11-9-13)15-6-2-4-14(12-17)5-3-7-15/h13-16H,2-11H2,1H3. The van der Waals surface area contributed by atoms with Crippen LogP contribution in [0.4, 0.5) is 0 Å². The molecule has 2 aliphatic rings. The van der Waals surface area contributed by atoms with E-state index in [2.05, 4.69) is 13.0 Å². The van der Waals surface area contributed by atoms with Crippen molar-refractivity contribution in [3.8, 4) is 6.07 Å². The second kappa shape index (κ2) is 6.43. The lowest BCUT2D eigenvalue weighted by molar-refractivity contribution is 0.178. The molecule has 0 spiro atoms. The normalized spacial score (nSPS) is 40.0. The molecular formula is C16H27N. The van der Waals surface area contributed by atoms with E-state index in [9.17, 15) is 0 Å². The molecule has 0 aromatic heterocycles. The molecule has 0 aromatic rings. The Balaban J connectivity index is 1.80. The summed E-state index contributed by atoms with van der Waals surface area (Å²) < 4.78 is 0. The van der Waals surface area contributed by atoms with Crippen molar-refractivity contribution >= 4 is 0 Å². The van der Waals surface area contributed by atoms with Gasteiger partial charge < -0.3 is 0 Å². The van der Waals surface area contributed by atoms with Gasteiger partial charge in [-0.3, -0.25) is 0 Å². The molecule has 0 bridgehead atoms. The van der Waals surface area contributed by atoms with Gasteiger partial charge in [0, 0.05) is 5.92 Å². The van der Waals surface area contributed by atoms with Crippen molar-refractivity contribution in [1.29, 1.82) is 5.26 Å². The molecular weight excluding hydrogens is 206 g/mol. The lowest BCUT2D eigenvalue weighted by atomic mass is 9.72. The summed E-state index contributed by atoms with van der Waals surface area (Å²) in [6, 6.07) is 2.47. The van der Waals surface area contributed by atoms with Crippen LogP contribution < -0.4 is 0 Å². The Morgan fingerprint density at radius 3 is 1.82 bits per heavy atom. The minimum absolute atomic E-state index is 0.363. The Morgan fingerprint density at radius 1 is 0.765 bits per heavy atom. The summed E-state index contributed by atoms with van der Waals surface area (Å²) in [7, 11) is 0. The number of nitriles is 1. The average Bonchev–Trinajstić information content (AvgIpc) is 2.31. The molecule has 0 saturated heterocycles. The minimum Gasteiger partial charge on any atom is -0.198 e. The van der Waals surface area contributed by atoms with E-state index in [1.165, 1.54) is 51.4 Å². The van der Waals surface area contributed by atoms with Crippen LogP contribution in [0.25, 0.3) is 0 Å². The molecule has 96 valence electrons. The van der Waals surface area contributed by atoms with E-state index in [4.69, 9.17) is 5.26 Å². The van der Waals surface area contributed by atoms with Crippen LogP contribution in [0, 0.1) is 35.0 Å². The van der Waals surface area contributed by atoms with E-state index in [0.717, 1.165) is 30.6 Å². The third kappa shape index (κ3) is 3.73. The maximum absolute atomic E-state index is 9.00. The molecule has 0 atom stereocenters. The molecule has 0 aromatic carbocycles. The number of hydrogen-bond donors (Lipinski definition) is 0. The summed E-state index contributed by atoms with van der Waals surface area (Å²) in [5.41, 5.74) is 0. The van der Waals surface area contributed by atoms with E-state index in [1.54, 1.807) is 0 Å². The Hall–Kier alpha value is -0.510. The van der Waals surface area contributed by atoms with Gasteiger partial charge in [-0.1, -0.05) is 45.4 Å². The quantitative estimate of drug-likeness (QED) is 0.630. The van der Waals surface area contributed by atoms with Gasteiger partial charge >= 0.3 is 0 Å². The molecule has 0 amide bonds. The van der Waals surface area contributed by atoms with Gasteiger partial charge in [0.15, 0.2) is 0 Å². The molecule has 2 saturated carbocycles. The second-order valence-corrected chi connectivity index (χ2v) is 6.47. The number of hydrogen-bond acceptors (Lipinski definition) is 1. The molecule has 0 aliphatic heterocycles. The lowest BCUT2D eigenvalue weighted by Gasteiger charge is -2.34. The van der Waals surface area contributed by atoms with Crippen LogP contribution in [0.5, 0.6) is 0 Å². The van der Waals surface area contributed by atoms with Gasteiger partial charge in [0.05, 0.1) is 6.07 Å². The van der Waals surface area contributed by atoms with Crippen molar-refractivity contribution in [3.63, 3.8) is 0 Å². The number of nitrogens with zero attached hydrogens (tertiary/aromatic N) is 1. The van der Waals surface area contributed by atoms with Gasteiger partial charge in [0.25, 0.3) is 0 Å². The largest absolute Gasteiger partial charge is 0.198 e. The summed E-state index contributed by atoms with van der Waals surface area (Å²) in [6.07, 6.45) is 13.6. The predicted octanol–water partition coefficient (Wildman–Crippen LogP) is 4.92. The fourth-order valence-corrected chi connectivity index (χ4v) is 3.90. The van der Waals surface area contributed by atoms with Crippen molar-refractivity contribution in [1.82, 2.24) is 0 Å². The molecule has 17 heavy (non-hydrogen) atoms. The van der Waals surface area contributed by atoms with E-state index in [0.29, 0.717) is 5.92 Å². The summed E-state index contributed by atoms with van der Waals surface area (Å²) in [5, 5.41) is 9.00. The van der Waals surface area contributed by atoms with Gasteiger partial charge in [-0.25, -0.2) is 0 Å². The number of rotatable bonds is 1. The van der Waals surface area contributed by atoms with E-state index < -0.39 is 0 Å². The second-order valence-electron chi connectivity index (χ2n) is 6.47. The third-order valence-corrected chi connectivity index (χ3v) is 5.16. The molecule has 2 aliphatic carbocycles. The van der Waals surface area contributed by atoms with Crippen LogP contribution >= 0.6 is 0 Å². The highest BCUT2D eigenvalue weighted by Crippen LogP contribution is 2.39. The average molecular weight is 233 g/mol.